The molecule has 18 heavy (non-hydrogen) atoms. The Morgan fingerprint density at radius 1 is 1.44 bits per heavy atom. The molecule has 0 amide bonds. The SMILES string of the molecule is CC(C)Cc1nc(-c2ccncn2)[nH]c(=O)c1Br. The Balaban J connectivity index is 2.51. The number of nitrogens with one attached hydrogen (secondary N) is 1. The van der Waals surface area contributed by atoms with E-state index >= 15 is 0 Å². The molecular formula is C12H13BrN4O. The molecule has 2 aromatic rings. The quantitative estimate of drug-likeness (QED) is 0.943. The van der Waals surface area contributed by atoms with Gasteiger partial charge in [0.25, 0.3) is 5.56 Å². The highest BCUT2D eigenvalue weighted by Crippen LogP contribution is 2.17. The Morgan fingerprint density at radius 2 is 2.22 bits per heavy atom. The molecule has 2 rings (SSSR count). The van der Waals surface area contributed by atoms with Crippen LogP contribution in [0.25, 0.3) is 11.5 Å². The number of aromatic amines is 1. The lowest BCUT2D eigenvalue weighted by atomic mass is 10.1. The topological polar surface area (TPSA) is 71.5 Å². The third-order valence-corrected chi connectivity index (χ3v) is 3.18. The molecule has 94 valence electrons. The molecule has 0 saturated heterocycles. The molecule has 0 saturated carbocycles. The minimum Gasteiger partial charge on any atom is -0.304 e. The number of H-pyrrole nitrogens is 1. The summed E-state index contributed by atoms with van der Waals surface area (Å²) >= 11 is 3.28. The lowest BCUT2D eigenvalue weighted by molar-refractivity contribution is 0.631. The third-order valence-electron chi connectivity index (χ3n) is 2.36. The zero-order chi connectivity index (χ0) is 13.1. The molecule has 1 N–H and O–H groups in total. The van der Waals surface area contributed by atoms with Crippen molar-refractivity contribution < 1.29 is 0 Å². The van der Waals surface area contributed by atoms with Crippen molar-refractivity contribution in [2.45, 2.75) is 20.3 Å². The minimum atomic E-state index is -0.186. The van der Waals surface area contributed by atoms with Gasteiger partial charge in [0.2, 0.25) is 0 Å². The van der Waals surface area contributed by atoms with E-state index in [0.717, 1.165) is 12.1 Å². The molecule has 0 aliphatic carbocycles. The van der Waals surface area contributed by atoms with Gasteiger partial charge in [-0.2, -0.15) is 0 Å². The first-order chi connectivity index (χ1) is 8.58. The van der Waals surface area contributed by atoms with Crippen LogP contribution in [0.4, 0.5) is 0 Å². The monoisotopic (exact) mass is 308 g/mol. The van der Waals surface area contributed by atoms with Gasteiger partial charge in [-0.3, -0.25) is 4.79 Å². The summed E-state index contributed by atoms with van der Waals surface area (Å²) in [4.78, 5) is 26.9. The van der Waals surface area contributed by atoms with Gasteiger partial charge in [0.05, 0.1) is 5.69 Å². The fraction of sp³-hybridized carbons (Fsp3) is 0.333. The Bertz CT molecular complexity index is 595. The van der Waals surface area contributed by atoms with Gasteiger partial charge in [-0.25, -0.2) is 15.0 Å². The van der Waals surface area contributed by atoms with Crippen molar-refractivity contribution in [3.8, 4) is 11.5 Å². The van der Waals surface area contributed by atoms with E-state index in [1.54, 1.807) is 12.3 Å². The molecule has 0 aliphatic rings. The highest BCUT2D eigenvalue weighted by Gasteiger charge is 2.12. The van der Waals surface area contributed by atoms with Gasteiger partial charge in [-0.1, -0.05) is 13.8 Å². The van der Waals surface area contributed by atoms with Gasteiger partial charge in [0.15, 0.2) is 5.82 Å². The van der Waals surface area contributed by atoms with Crippen LogP contribution in [0.5, 0.6) is 0 Å². The third kappa shape index (κ3) is 2.81. The van der Waals surface area contributed by atoms with Crippen LogP contribution in [0.3, 0.4) is 0 Å². The standard InChI is InChI=1S/C12H13BrN4O/c1-7(2)5-9-10(13)12(18)17-11(16-9)8-3-4-14-6-15-8/h3-4,6-7H,5H2,1-2H3,(H,16,17,18). The molecule has 0 radical (unpaired) electrons. The molecule has 6 heteroatoms. The number of nitrogens with zero attached hydrogens (tertiary/aromatic N) is 3. The smallest absolute Gasteiger partial charge is 0.265 e. The fourth-order valence-corrected chi connectivity index (χ4v) is 1.93. The van der Waals surface area contributed by atoms with Crippen LogP contribution in [0.15, 0.2) is 27.9 Å². The summed E-state index contributed by atoms with van der Waals surface area (Å²) in [5.74, 6) is 0.898. The van der Waals surface area contributed by atoms with Crippen LogP contribution in [0.1, 0.15) is 19.5 Å². The second-order valence-electron chi connectivity index (χ2n) is 4.37. The predicted octanol–water partition coefficient (Wildman–Crippen LogP) is 2.19. The maximum absolute atomic E-state index is 11.8. The van der Waals surface area contributed by atoms with E-state index in [4.69, 9.17) is 0 Å². The Morgan fingerprint density at radius 3 is 2.83 bits per heavy atom. The van der Waals surface area contributed by atoms with E-state index in [2.05, 4.69) is 49.7 Å². The second kappa shape index (κ2) is 5.39. The van der Waals surface area contributed by atoms with Crippen molar-refractivity contribution in [3.63, 3.8) is 0 Å². The second-order valence-corrected chi connectivity index (χ2v) is 5.16. The fourth-order valence-electron chi connectivity index (χ4n) is 1.58. The molecule has 0 spiro atoms. The Labute approximate surface area is 113 Å². The molecule has 0 aromatic carbocycles. The summed E-state index contributed by atoms with van der Waals surface area (Å²) < 4.78 is 0.494. The molecule has 2 aromatic heterocycles. The van der Waals surface area contributed by atoms with Crippen LogP contribution < -0.4 is 5.56 Å². The van der Waals surface area contributed by atoms with Crippen LogP contribution in [-0.4, -0.2) is 19.9 Å². The normalized spacial score (nSPS) is 10.9. The maximum atomic E-state index is 11.8. The van der Waals surface area contributed by atoms with E-state index in [-0.39, 0.29) is 5.56 Å². The predicted molar refractivity (Wildman–Crippen MR) is 72.1 cm³/mol. The number of halogens is 1. The van der Waals surface area contributed by atoms with E-state index in [1.165, 1.54) is 6.33 Å². The van der Waals surface area contributed by atoms with E-state index in [1.807, 2.05) is 0 Å². The van der Waals surface area contributed by atoms with Crippen LogP contribution in [0.2, 0.25) is 0 Å². The van der Waals surface area contributed by atoms with E-state index in [9.17, 15) is 4.79 Å². The molecule has 2 heterocycles. The maximum Gasteiger partial charge on any atom is 0.265 e. The van der Waals surface area contributed by atoms with Gasteiger partial charge < -0.3 is 4.98 Å². The summed E-state index contributed by atoms with van der Waals surface area (Å²) in [6, 6.07) is 1.71. The van der Waals surface area contributed by atoms with Crippen molar-refractivity contribution in [1.82, 2.24) is 19.9 Å². The number of aromatic nitrogens is 4. The highest BCUT2D eigenvalue weighted by molar-refractivity contribution is 9.10. The van der Waals surface area contributed by atoms with Crippen molar-refractivity contribution in [2.75, 3.05) is 0 Å². The largest absolute Gasteiger partial charge is 0.304 e. The minimum absolute atomic E-state index is 0.186. The first-order valence-electron chi connectivity index (χ1n) is 5.63. The summed E-state index contributed by atoms with van der Waals surface area (Å²) in [6.07, 6.45) is 3.79. The average Bonchev–Trinajstić information content (AvgIpc) is 2.35. The first kappa shape index (κ1) is 12.9. The van der Waals surface area contributed by atoms with Crippen molar-refractivity contribution >= 4 is 15.9 Å². The lowest BCUT2D eigenvalue weighted by Gasteiger charge is -2.08. The summed E-state index contributed by atoms with van der Waals surface area (Å²) in [5, 5.41) is 0. The lowest BCUT2D eigenvalue weighted by Crippen LogP contribution is -2.15. The van der Waals surface area contributed by atoms with Crippen LogP contribution in [0, 0.1) is 5.92 Å². The van der Waals surface area contributed by atoms with E-state index < -0.39 is 0 Å². The Kier molecular flexibility index (Phi) is 3.86. The van der Waals surface area contributed by atoms with Crippen molar-refractivity contribution in [1.29, 1.82) is 0 Å². The van der Waals surface area contributed by atoms with Gasteiger partial charge in [0.1, 0.15) is 16.5 Å². The number of rotatable bonds is 3. The first-order valence-corrected chi connectivity index (χ1v) is 6.42. The van der Waals surface area contributed by atoms with E-state index in [0.29, 0.717) is 21.9 Å². The van der Waals surface area contributed by atoms with Crippen LogP contribution in [-0.2, 0) is 6.42 Å². The van der Waals surface area contributed by atoms with Gasteiger partial charge in [-0.05, 0) is 34.3 Å². The highest BCUT2D eigenvalue weighted by atomic mass is 79.9. The zero-order valence-corrected chi connectivity index (χ0v) is 11.7. The van der Waals surface area contributed by atoms with Crippen molar-refractivity contribution in [2.24, 2.45) is 5.92 Å². The Hall–Kier alpha value is -1.56. The number of hydrogen-bond acceptors (Lipinski definition) is 4. The molecule has 0 aliphatic heterocycles. The molecule has 0 atom stereocenters. The van der Waals surface area contributed by atoms with Crippen LogP contribution >= 0.6 is 15.9 Å². The molecule has 0 unspecified atom stereocenters. The van der Waals surface area contributed by atoms with Gasteiger partial charge in [-0.15, -0.1) is 0 Å². The summed E-state index contributed by atoms with van der Waals surface area (Å²) in [5.41, 5.74) is 1.18. The average molecular weight is 309 g/mol. The molecule has 0 bridgehead atoms. The molecular weight excluding hydrogens is 296 g/mol. The molecule has 5 nitrogen and oxygen atoms in total. The van der Waals surface area contributed by atoms with Crippen molar-refractivity contribution in [3.05, 3.63) is 39.1 Å². The summed E-state index contributed by atoms with van der Waals surface area (Å²) in [7, 11) is 0. The van der Waals surface area contributed by atoms with Gasteiger partial charge >= 0.3 is 0 Å². The molecule has 0 fully saturated rings. The van der Waals surface area contributed by atoms with Gasteiger partial charge in [0, 0.05) is 6.20 Å². The zero-order valence-electron chi connectivity index (χ0n) is 10.1. The summed E-state index contributed by atoms with van der Waals surface area (Å²) in [6.45, 7) is 4.17. The number of hydrogen-bond donors (Lipinski definition) is 1.